The van der Waals surface area contributed by atoms with Crippen LogP contribution in [0.1, 0.15) is 22.3 Å². The molecule has 0 N–H and O–H groups in total. The molecule has 0 aromatic heterocycles. The maximum atomic E-state index is 2.28. The smallest absolute Gasteiger partial charge is 0.0232 e. The summed E-state index contributed by atoms with van der Waals surface area (Å²) in [6.07, 6.45) is 0. The van der Waals surface area contributed by atoms with Crippen LogP contribution in [0.25, 0.3) is 5.57 Å². The molecule has 0 nitrogen and oxygen atoms in total. The quantitative estimate of drug-likeness (QED) is 0.698. The van der Waals surface area contributed by atoms with E-state index in [4.69, 9.17) is 0 Å². The first kappa shape index (κ1) is 10.7. The van der Waals surface area contributed by atoms with Gasteiger partial charge in [-0.25, -0.2) is 0 Å². The third-order valence-electron chi connectivity index (χ3n) is 3.11. The fourth-order valence-electron chi connectivity index (χ4n) is 2.14. The van der Waals surface area contributed by atoms with Gasteiger partial charge in [0, 0.05) is 5.75 Å². The normalized spacial score (nSPS) is 14.1. The zero-order chi connectivity index (χ0) is 11.7. The Morgan fingerprint density at radius 3 is 2.53 bits per heavy atom. The van der Waals surface area contributed by atoms with Gasteiger partial charge < -0.3 is 0 Å². The lowest BCUT2D eigenvalue weighted by atomic mass is 9.95. The third kappa shape index (κ3) is 2.03. The minimum Gasteiger partial charge on any atom is -0.129 e. The van der Waals surface area contributed by atoms with Crippen LogP contribution in [-0.4, -0.2) is 0 Å². The van der Waals surface area contributed by atoms with Gasteiger partial charge in [0.25, 0.3) is 0 Å². The molecule has 1 heterocycles. The molecule has 0 fully saturated rings. The Hall–Kier alpha value is -1.47. The van der Waals surface area contributed by atoms with Crippen molar-refractivity contribution in [3.05, 3.63) is 76.2 Å². The highest BCUT2D eigenvalue weighted by Gasteiger charge is 2.13. The first-order valence-corrected chi connectivity index (χ1v) is 6.86. The predicted octanol–water partition coefficient (Wildman–Crippen LogP) is 4.63. The molecule has 0 saturated heterocycles. The molecule has 0 aliphatic carbocycles. The van der Waals surface area contributed by atoms with Crippen LogP contribution in [0.5, 0.6) is 0 Å². The van der Waals surface area contributed by atoms with Crippen molar-refractivity contribution >= 4 is 17.3 Å². The molecule has 3 rings (SSSR count). The third-order valence-corrected chi connectivity index (χ3v) is 3.99. The van der Waals surface area contributed by atoms with Crippen molar-refractivity contribution in [2.24, 2.45) is 0 Å². The molecule has 0 saturated carbocycles. The maximum absolute atomic E-state index is 2.28. The Kier molecular flexibility index (Phi) is 2.77. The molecule has 0 spiro atoms. The summed E-state index contributed by atoms with van der Waals surface area (Å²) in [4.78, 5) is 0. The van der Waals surface area contributed by atoms with Crippen LogP contribution >= 0.6 is 11.8 Å². The number of aryl methyl sites for hydroxylation is 1. The van der Waals surface area contributed by atoms with Crippen molar-refractivity contribution in [3.8, 4) is 0 Å². The lowest BCUT2D eigenvalue weighted by Gasteiger charge is -2.17. The molecule has 0 amide bonds. The van der Waals surface area contributed by atoms with Crippen LogP contribution in [0.3, 0.4) is 0 Å². The monoisotopic (exact) mass is 238 g/mol. The lowest BCUT2D eigenvalue weighted by Crippen LogP contribution is -1.97. The van der Waals surface area contributed by atoms with Gasteiger partial charge in [-0.05, 0) is 34.6 Å². The summed E-state index contributed by atoms with van der Waals surface area (Å²) < 4.78 is 0. The van der Waals surface area contributed by atoms with Gasteiger partial charge in [-0.2, -0.15) is 0 Å². The van der Waals surface area contributed by atoms with Gasteiger partial charge in [0.1, 0.15) is 0 Å². The van der Waals surface area contributed by atoms with E-state index >= 15 is 0 Å². The molecule has 84 valence electrons. The second kappa shape index (κ2) is 4.42. The minimum atomic E-state index is 1.09. The Morgan fingerprint density at radius 1 is 0.941 bits per heavy atom. The Labute approximate surface area is 106 Å². The molecular formula is C16H14S. The molecule has 2 aromatic carbocycles. The van der Waals surface area contributed by atoms with Crippen molar-refractivity contribution in [2.45, 2.75) is 12.7 Å². The number of thioether (sulfide) groups is 1. The Morgan fingerprint density at radius 2 is 1.71 bits per heavy atom. The second-order valence-corrected chi connectivity index (χ2v) is 5.22. The van der Waals surface area contributed by atoms with Crippen LogP contribution in [0.15, 0.2) is 53.9 Å². The topological polar surface area (TPSA) is 0 Å². The van der Waals surface area contributed by atoms with Crippen LogP contribution < -0.4 is 0 Å². The molecular weight excluding hydrogens is 224 g/mol. The van der Waals surface area contributed by atoms with Crippen molar-refractivity contribution < 1.29 is 0 Å². The van der Waals surface area contributed by atoms with E-state index in [1.54, 1.807) is 0 Å². The van der Waals surface area contributed by atoms with Crippen molar-refractivity contribution in [2.75, 3.05) is 0 Å². The molecule has 1 aliphatic rings. The summed E-state index contributed by atoms with van der Waals surface area (Å²) in [6, 6.07) is 17.5. The van der Waals surface area contributed by atoms with E-state index in [9.17, 15) is 0 Å². The van der Waals surface area contributed by atoms with Crippen LogP contribution in [0.2, 0.25) is 0 Å². The summed E-state index contributed by atoms with van der Waals surface area (Å²) in [5.74, 6) is 1.09. The van der Waals surface area contributed by atoms with Gasteiger partial charge in [0.15, 0.2) is 0 Å². The predicted molar refractivity (Wildman–Crippen MR) is 76.0 cm³/mol. The number of benzene rings is 2. The van der Waals surface area contributed by atoms with E-state index in [1.807, 2.05) is 11.8 Å². The highest BCUT2D eigenvalue weighted by atomic mass is 32.2. The SMILES string of the molecule is Cc1ccc(C2=CSCc3ccccc32)cc1. The lowest BCUT2D eigenvalue weighted by molar-refractivity contribution is 1.36. The van der Waals surface area contributed by atoms with Gasteiger partial charge in [-0.3, -0.25) is 0 Å². The Bertz CT molecular complexity index is 564. The van der Waals surface area contributed by atoms with E-state index in [0.29, 0.717) is 0 Å². The minimum absolute atomic E-state index is 1.09. The number of fused-ring (bicyclic) bond motifs is 1. The molecule has 2 aromatic rings. The fourth-order valence-corrected chi connectivity index (χ4v) is 3.09. The Balaban J connectivity index is 2.09. The zero-order valence-corrected chi connectivity index (χ0v) is 10.6. The first-order valence-electron chi connectivity index (χ1n) is 5.82. The molecule has 1 aliphatic heterocycles. The van der Waals surface area contributed by atoms with E-state index < -0.39 is 0 Å². The van der Waals surface area contributed by atoms with Gasteiger partial charge in [-0.1, -0.05) is 54.1 Å². The van der Waals surface area contributed by atoms with E-state index in [2.05, 4.69) is 60.9 Å². The van der Waals surface area contributed by atoms with Crippen LogP contribution in [-0.2, 0) is 5.75 Å². The van der Waals surface area contributed by atoms with E-state index in [0.717, 1.165) is 5.75 Å². The van der Waals surface area contributed by atoms with E-state index in [-0.39, 0.29) is 0 Å². The second-order valence-electron chi connectivity index (χ2n) is 4.37. The summed E-state index contributed by atoms with van der Waals surface area (Å²) >= 11 is 1.88. The summed E-state index contributed by atoms with van der Waals surface area (Å²) in [5.41, 5.74) is 6.81. The standard InChI is InChI=1S/C16H14S/c1-12-6-8-13(9-7-12)16-11-17-10-14-4-2-3-5-15(14)16/h2-9,11H,10H2,1H3. The molecule has 0 bridgehead atoms. The highest BCUT2D eigenvalue weighted by molar-refractivity contribution is 8.01. The van der Waals surface area contributed by atoms with E-state index in [1.165, 1.54) is 27.8 Å². The van der Waals surface area contributed by atoms with Gasteiger partial charge >= 0.3 is 0 Å². The average Bonchev–Trinajstić information content (AvgIpc) is 2.39. The van der Waals surface area contributed by atoms with Crippen molar-refractivity contribution in [3.63, 3.8) is 0 Å². The fraction of sp³-hybridized carbons (Fsp3) is 0.125. The number of rotatable bonds is 1. The van der Waals surface area contributed by atoms with Gasteiger partial charge in [0.2, 0.25) is 0 Å². The molecule has 0 radical (unpaired) electrons. The van der Waals surface area contributed by atoms with Crippen molar-refractivity contribution in [1.29, 1.82) is 0 Å². The summed E-state index contributed by atoms with van der Waals surface area (Å²) in [7, 11) is 0. The summed E-state index contributed by atoms with van der Waals surface area (Å²) in [5, 5.41) is 2.28. The molecule has 0 unspecified atom stereocenters. The van der Waals surface area contributed by atoms with Crippen LogP contribution in [0.4, 0.5) is 0 Å². The molecule has 1 heteroatoms. The first-order chi connectivity index (χ1) is 8.34. The molecule has 17 heavy (non-hydrogen) atoms. The highest BCUT2D eigenvalue weighted by Crippen LogP contribution is 2.35. The van der Waals surface area contributed by atoms with Crippen LogP contribution in [0, 0.1) is 6.92 Å². The number of hydrogen-bond acceptors (Lipinski definition) is 1. The summed E-state index contributed by atoms with van der Waals surface area (Å²) in [6.45, 7) is 2.13. The van der Waals surface area contributed by atoms with Gasteiger partial charge in [-0.15, -0.1) is 11.8 Å². The maximum Gasteiger partial charge on any atom is 0.0232 e. The number of hydrogen-bond donors (Lipinski definition) is 0. The van der Waals surface area contributed by atoms with Gasteiger partial charge in [0.05, 0.1) is 0 Å². The van der Waals surface area contributed by atoms with Crippen molar-refractivity contribution in [1.82, 2.24) is 0 Å². The average molecular weight is 238 g/mol. The molecule has 0 atom stereocenters. The largest absolute Gasteiger partial charge is 0.129 e. The zero-order valence-electron chi connectivity index (χ0n) is 9.81.